The van der Waals surface area contributed by atoms with Crippen molar-refractivity contribution in [2.24, 2.45) is 5.92 Å². The van der Waals surface area contributed by atoms with Gasteiger partial charge in [0.05, 0.1) is 11.6 Å². The molecule has 0 saturated carbocycles. The van der Waals surface area contributed by atoms with Crippen LogP contribution < -0.4 is 5.32 Å². The zero-order chi connectivity index (χ0) is 10.2. The standard InChI is InChI=1S/C9H17NO3/c1-5(2)6-7(9(3,4)12)13-8(11)10-6/h5-7,12H,1-4H3,(H,10,11). The molecule has 2 atom stereocenters. The molecule has 1 aliphatic rings. The maximum absolute atomic E-state index is 11.0. The maximum Gasteiger partial charge on any atom is 0.407 e. The van der Waals surface area contributed by atoms with Gasteiger partial charge in [-0.25, -0.2) is 4.79 Å². The molecule has 1 fully saturated rings. The molecular weight excluding hydrogens is 170 g/mol. The molecule has 1 amide bonds. The Kier molecular flexibility index (Phi) is 2.52. The number of cyclic esters (lactones) is 1. The fourth-order valence-corrected chi connectivity index (χ4v) is 1.53. The molecule has 13 heavy (non-hydrogen) atoms. The molecule has 4 heteroatoms. The third kappa shape index (κ3) is 2.12. The quantitative estimate of drug-likeness (QED) is 0.675. The van der Waals surface area contributed by atoms with E-state index in [1.54, 1.807) is 13.8 Å². The highest BCUT2D eigenvalue weighted by molar-refractivity contribution is 5.70. The summed E-state index contributed by atoms with van der Waals surface area (Å²) >= 11 is 0. The van der Waals surface area contributed by atoms with Gasteiger partial charge in [0.2, 0.25) is 0 Å². The maximum atomic E-state index is 11.0. The van der Waals surface area contributed by atoms with Crippen LogP contribution in [0.3, 0.4) is 0 Å². The summed E-state index contributed by atoms with van der Waals surface area (Å²) < 4.78 is 5.00. The molecule has 1 aliphatic heterocycles. The van der Waals surface area contributed by atoms with Crippen LogP contribution in [0.25, 0.3) is 0 Å². The van der Waals surface area contributed by atoms with Crippen LogP contribution in [0.4, 0.5) is 4.79 Å². The van der Waals surface area contributed by atoms with E-state index in [0.29, 0.717) is 0 Å². The second-order valence-electron chi connectivity index (χ2n) is 4.39. The van der Waals surface area contributed by atoms with Crippen LogP contribution in [-0.2, 0) is 4.74 Å². The molecule has 2 N–H and O–H groups in total. The number of nitrogens with one attached hydrogen (secondary N) is 1. The smallest absolute Gasteiger partial charge is 0.407 e. The van der Waals surface area contributed by atoms with Gasteiger partial charge >= 0.3 is 6.09 Å². The van der Waals surface area contributed by atoms with Crippen LogP contribution in [0.1, 0.15) is 27.7 Å². The Morgan fingerprint density at radius 2 is 2.08 bits per heavy atom. The van der Waals surface area contributed by atoms with Gasteiger partial charge in [0.25, 0.3) is 0 Å². The van der Waals surface area contributed by atoms with E-state index in [0.717, 1.165) is 0 Å². The summed E-state index contributed by atoms with van der Waals surface area (Å²) in [4.78, 5) is 11.0. The monoisotopic (exact) mass is 187 g/mol. The van der Waals surface area contributed by atoms with Gasteiger partial charge in [-0.3, -0.25) is 0 Å². The Balaban J connectivity index is 2.78. The van der Waals surface area contributed by atoms with E-state index < -0.39 is 17.8 Å². The number of alkyl carbamates (subject to hydrolysis) is 1. The zero-order valence-corrected chi connectivity index (χ0v) is 8.50. The van der Waals surface area contributed by atoms with Crippen LogP contribution in [0.15, 0.2) is 0 Å². The average molecular weight is 187 g/mol. The molecule has 4 nitrogen and oxygen atoms in total. The van der Waals surface area contributed by atoms with Crippen molar-refractivity contribution in [1.82, 2.24) is 5.32 Å². The Morgan fingerprint density at radius 3 is 2.38 bits per heavy atom. The number of rotatable bonds is 2. The third-order valence-electron chi connectivity index (χ3n) is 2.26. The molecule has 0 aromatic heterocycles. The molecule has 0 spiro atoms. The number of ether oxygens (including phenoxy) is 1. The van der Waals surface area contributed by atoms with Gasteiger partial charge in [0.15, 0.2) is 6.10 Å². The predicted octanol–water partition coefficient (Wildman–Crippen LogP) is 0.890. The molecular formula is C9H17NO3. The topological polar surface area (TPSA) is 58.6 Å². The first-order valence-electron chi connectivity index (χ1n) is 4.52. The molecule has 76 valence electrons. The molecule has 0 aliphatic carbocycles. The van der Waals surface area contributed by atoms with E-state index >= 15 is 0 Å². The summed E-state index contributed by atoms with van der Waals surface area (Å²) in [5.74, 6) is 0.253. The number of hydrogen-bond donors (Lipinski definition) is 2. The zero-order valence-electron chi connectivity index (χ0n) is 8.50. The van der Waals surface area contributed by atoms with Crippen LogP contribution in [0, 0.1) is 5.92 Å². The van der Waals surface area contributed by atoms with Gasteiger partial charge < -0.3 is 15.2 Å². The van der Waals surface area contributed by atoms with Crippen molar-refractivity contribution in [3.63, 3.8) is 0 Å². The molecule has 1 saturated heterocycles. The van der Waals surface area contributed by atoms with E-state index in [2.05, 4.69) is 5.32 Å². The van der Waals surface area contributed by atoms with Crippen LogP contribution in [0.5, 0.6) is 0 Å². The average Bonchev–Trinajstić information content (AvgIpc) is 2.29. The lowest BCUT2D eigenvalue weighted by Gasteiger charge is -2.29. The second-order valence-corrected chi connectivity index (χ2v) is 4.39. The van der Waals surface area contributed by atoms with E-state index in [9.17, 15) is 9.90 Å². The SMILES string of the molecule is CC(C)C1NC(=O)OC1C(C)(C)O. The minimum atomic E-state index is -0.992. The lowest BCUT2D eigenvalue weighted by Crippen LogP contribution is -2.47. The number of carbonyl (C=O) groups is 1. The predicted molar refractivity (Wildman–Crippen MR) is 48.3 cm³/mol. The summed E-state index contributed by atoms with van der Waals surface area (Å²) in [7, 11) is 0. The van der Waals surface area contributed by atoms with Crippen molar-refractivity contribution in [1.29, 1.82) is 0 Å². The van der Waals surface area contributed by atoms with Crippen molar-refractivity contribution < 1.29 is 14.6 Å². The molecule has 2 unspecified atom stereocenters. The number of amides is 1. The molecule has 0 radical (unpaired) electrons. The summed E-state index contributed by atoms with van der Waals surface area (Å²) in [6.45, 7) is 7.26. The van der Waals surface area contributed by atoms with Gasteiger partial charge in [-0.1, -0.05) is 13.8 Å². The first-order valence-corrected chi connectivity index (χ1v) is 4.52. The summed E-state index contributed by atoms with van der Waals surface area (Å²) in [6.07, 6.45) is -0.897. The summed E-state index contributed by atoms with van der Waals surface area (Å²) in [5.41, 5.74) is -0.992. The van der Waals surface area contributed by atoms with E-state index in [1.165, 1.54) is 0 Å². The van der Waals surface area contributed by atoms with Crippen LogP contribution >= 0.6 is 0 Å². The number of hydrogen-bond acceptors (Lipinski definition) is 3. The normalized spacial score (nSPS) is 28.9. The molecule has 0 aromatic carbocycles. The van der Waals surface area contributed by atoms with Crippen molar-refractivity contribution in [3.8, 4) is 0 Å². The van der Waals surface area contributed by atoms with E-state index in [-0.39, 0.29) is 12.0 Å². The van der Waals surface area contributed by atoms with Gasteiger partial charge in [0, 0.05) is 0 Å². The van der Waals surface area contributed by atoms with E-state index in [4.69, 9.17) is 4.74 Å². The van der Waals surface area contributed by atoms with Crippen molar-refractivity contribution >= 4 is 6.09 Å². The number of carbonyl (C=O) groups excluding carboxylic acids is 1. The fourth-order valence-electron chi connectivity index (χ4n) is 1.53. The lowest BCUT2D eigenvalue weighted by atomic mass is 9.89. The fraction of sp³-hybridized carbons (Fsp3) is 0.889. The summed E-state index contributed by atoms with van der Waals surface area (Å²) in [6, 6.07) is -0.104. The largest absolute Gasteiger partial charge is 0.441 e. The second kappa shape index (κ2) is 3.18. The minimum absolute atomic E-state index is 0.104. The van der Waals surface area contributed by atoms with Crippen LogP contribution in [0.2, 0.25) is 0 Å². The number of aliphatic hydroxyl groups is 1. The van der Waals surface area contributed by atoms with Crippen molar-refractivity contribution in [2.75, 3.05) is 0 Å². The van der Waals surface area contributed by atoms with Crippen molar-refractivity contribution in [3.05, 3.63) is 0 Å². The van der Waals surface area contributed by atoms with Crippen LogP contribution in [-0.4, -0.2) is 28.9 Å². The first kappa shape index (κ1) is 10.3. The highest BCUT2D eigenvalue weighted by Gasteiger charge is 2.44. The van der Waals surface area contributed by atoms with Gasteiger partial charge in [-0.05, 0) is 19.8 Å². The van der Waals surface area contributed by atoms with E-state index in [1.807, 2.05) is 13.8 Å². The Morgan fingerprint density at radius 1 is 1.54 bits per heavy atom. The van der Waals surface area contributed by atoms with Crippen molar-refractivity contribution in [2.45, 2.75) is 45.4 Å². The highest BCUT2D eigenvalue weighted by atomic mass is 16.6. The Labute approximate surface area is 78.3 Å². The van der Waals surface area contributed by atoms with Gasteiger partial charge in [-0.15, -0.1) is 0 Å². The van der Waals surface area contributed by atoms with Gasteiger partial charge in [0.1, 0.15) is 0 Å². The molecule has 1 heterocycles. The molecule has 0 aromatic rings. The summed E-state index contributed by atoms with van der Waals surface area (Å²) in [5, 5.41) is 12.4. The molecule has 1 rings (SSSR count). The minimum Gasteiger partial charge on any atom is -0.441 e. The van der Waals surface area contributed by atoms with Gasteiger partial charge in [-0.2, -0.15) is 0 Å². The molecule has 0 bridgehead atoms. The first-order chi connectivity index (χ1) is 5.82. The highest BCUT2D eigenvalue weighted by Crippen LogP contribution is 2.25. The lowest BCUT2D eigenvalue weighted by molar-refractivity contribution is -0.0495. The Bertz CT molecular complexity index is 207. The third-order valence-corrected chi connectivity index (χ3v) is 2.26. The Hall–Kier alpha value is -0.770.